The first-order valence-corrected chi connectivity index (χ1v) is 11.5. The monoisotopic (exact) mass is 448 g/mol. The number of unbranched alkanes of at least 4 members (excludes halogenated alkanes) is 1. The van der Waals surface area contributed by atoms with E-state index in [-0.39, 0.29) is 30.7 Å². The van der Waals surface area contributed by atoms with Crippen LogP contribution in [0.1, 0.15) is 50.5 Å². The third-order valence-corrected chi connectivity index (χ3v) is 6.25. The summed E-state index contributed by atoms with van der Waals surface area (Å²) in [6.07, 6.45) is 6.25. The molecule has 0 aliphatic carbocycles. The molecular weight excluding hydrogens is 424 g/mol. The highest BCUT2D eigenvalue weighted by atomic mass is 32.1. The summed E-state index contributed by atoms with van der Waals surface area (Å²) in [6, 6.07) is 9.09. The fraction of sp³-hybridized carbons (Fsp3) is 0.292. The second-order valence-corrected chi connectivity index (χ2v) is 8.68. The summed E-state index contributed by atoms with van der Waals surface area (Å²) in [5.74, 6) is -0.812. The van der Waals surface area contributed by atoms with Crippen molar-refractivity contribution in [3.63, 3.8) is 0 Å². The maximum absolute atomic E-state index is 12.5. The van der Waals surface area contributed by atoms with E-state index < -0.39 is 0 Å². The van der Waals surface area contributed by atoms with E-state index in [0.717, 1.165) is 46.0 Å². The summed E-state index contributed by atoms with van der Waals surface area (Å²) >= 11 is 1.63. The summed E-state index contributed by atoms with van der Waals surface area (Å²) in [4.78, 5) is 47.0. The average molecular weight is 449 g/mol. The van der Waals surface area contributed by atoms with E-state index in [0.29, 0.717) is 17.7 Å². The van der Waals surface area contributed by atoms with Gasteiger partial charge >= 0.3 is 0 Å². The van der Waals surface area contributed by atoms with Gasteiger partial charge in [-0.1, -0.05) is 11.6 Å². The van der Waals surface area contributed by atoms with Crippen molar-refractivity contribution in [3.8, 4) is 11.3 Å². The van der Waals surface area contributed by atoms with Gasteiger partial charge in [-0.15, -0.1) is 11.3 Å². The number of fused-ring (bicyclic) bond motifs is 1. The molecule has 0 radical (unpaired) electrons. The van der Waals surface area contributed by atoms with Crippen molar-refractivity contribution in [2.45, 2.75) is 32.6 Å². The number of pyridine rings is 1. The predicted octanol–water partition coefficient (Wildman–Crippen LogP) is 3.64. The zero-order valence-corrected chi connectivity index (χ0v) is 18.7. The first kappa shape index (κ1) is 21.8. The van der Waals surface area contributed by atoms with Crippen molar-refractivity contribution >= 4 is 29.1 Å². The van der Waals surface area contributed by atoms with E-state index in [4.69, 9.17) is 0 Å². The number of rotatable bonds is 9. The van der Waals surface area contributed by atoms with E-state index in [2.05, 4.69) is 15.3 Å². The second kappa shape index (κ2) is 9.82. The van der Waals surface area contributed by atoms with Gasteiger partial charge in [0.2, 0.25) is 5.91 Å². The molecule has 3 aromatic rings. The second-order valence-electron chi connectivity index (χ2n) is 7.74. The van der Waals surface area contributed by atoms with Gasteiger partial charge in [0.05, 0.1) is 21.8 Å². The molecule has 0 unspecified atom stereocenters. The Morgan fingerprint density at radius 2 is 1.97 bits per heavy atom. The third kappa shape index (κ3) is 4.91. The van der Waals surface area contributed by atoms with Crippen LogP contribution in [0.4, 0.5) is 0 Å². The normalized spacial score (nSPS) is 12.8. The van der Waals surface area contributed by atoms with Crippen LogP contribution < -0.4 is 5.32 Å². The van der Waals surface area contributed by atoms with E-state index >= 15 is 0 Å². The van der Waals surface area contributed by atoms with E-state index in [1.807, 2.05) is 30.5 Å². The molecule has 8 heteroatoms. The maximum atomic E-state index is 12.5. The van der Waals surface area contributed by atoms with Gasteiger partial charge < -0.3 is 5.32 Å². The smallest absolute Gasteiger partial charge is 0.261 e. The van der Waals surface area contributed by atoms with Crippen LogP contribution in [0.2, 0.25) is 0 Å². The number of aryl methyl sites for hydroxylation is 2. The van der Waals surface area contributed by atoms with E-state index in [1.165, 1.54) is 0 Å². The molecule has 3 amide bonds. The number of thiazole rings is 1. The van der Waals surface area contributed by atoms with Crippen molar-refractivity contribution in [3.05, 3.63) is 69.8 Å². The van der Waals surface area contributed by atoms with E-state index in [9.17, 15) is 14.4 Å². The van der Waals surface area contributed by atoms with Gasteiger partial charge in [-0.2, -0.15) is 0 Å². The first-order valence-electron chi connectivity index (χ1n) is 10.6. The molecule has 2 aromatic heterocycles. The van der Waals surface area contributed by atoms with Crippen molar-refractivity contribution < 1.29 is 14.4 Å². The molecular formula is C24H24N4O3S. The molecule has 0 saturated heterocycles. The molecule has 0 bridgehead atoms. The van der Waals surface area contributed by atoms with Gasteiger partial charge in [-0.05, 0) is 50.5 Å². The van der Waals surface area contributed by atoms with Crippen LogP contribution in [-0.4, -0.2) is 45.7 Å². The van der Waals surface area contributed by atoms with Crippen LogP contribution in [0, 0.1) is 6.92 Å². The summed E-state index contributed by atoms with van der Waals surface area (Å²) in [6.45, 7) is 2.52. The standard InChI is InChI=1S/C24H24N4O3S/c1-16-7-8-18-19(13-16)24(31)28(23(18)30)12-9-21(29)26-11-3-2-6-22-27-20(15-32-22)17-5-4-10-25-14-17/h4-5,7-8,10,13-15H,2-3,6,9,11-12H2,1H3,(H,26,29). The van der Waals surface area contributed by atoms with Crippen molar-refractivity contribution in [1.82, 2.24) is 20.2 Å². The Morgan fingerprint density at radius 1 is 1.12 bits per heavy atom. The van der Waals surface area contributed by atoms with Gasteiger partial charge in [0.15, 0.2) is 0 Å². The van der Waals surface area contributed by atoms with Gasteiger partial charge in [-0.3, -0.25) is 24.3 Å². The molecule has 1 aromatic carbocycles. The molecule has 32 heavy (non-hydrogen) atoms. The lowest BCUT2D eigenvalue weighted by Crippen LogP contribution is -2.34. The molecule has 7 nitrogen and oxygen atoms in total. The zero-order valence-electron chi connectivity index (χ0n) is 17.8. The molecule has 0 spiro atoms. The van der Waals surface area contributed by atoms with Gasteiger partial charge in [-0.25, -0.2) is 4.98 Å². The minimum atomic E-state index is -0.327. The number of carbonyl (C=O) groups is 3. The Hall–Kier alpha value is -3.39. The molecule has 1 N–H and O–H groups in total. The molecule has 164 valence electrons. The van der Waals surface area contributed by atoms with Crippen molar-refractivity contribution in [2.75, 3.05) is 13.1 Å². The highest BCUT2D eigenvalue weighted by molar-refractivity contribution is 7.09. The largest absolute Gasteiger partial charge is 0.356 e. The van der Waals surface area contributed by atoms with Crippen molar-refractivity contribution in [1.29, 1.82) is 0 Å². The molecule has 4 rings (SSSR count). The highest BCUT2D eigenvalue weighted by Gasteiger charge is 2.35. The fourth-order valence-electron chi connectivity index (χ4n) is 3.61. The number of nitrogens with zero attached hydrogens (tertiary/aromatic N) is 3. The molecule has 0 fully saturated rings. The lowest BCUT2D eigenvalue weighted by molar-refractivity contribution is -0.121. The van der Waals surface area contributed by atoms with Crippen LogP contribution in [0.25, 0.3) is 11.3 Å². The number of amides is 3. The molecule has 0 atom stereocenters. The Morgan fingerprint density at radius 3 is 2.78 bits per heavy atom. The number of benzene rings is 1. The Balaban J connectivity index is 1.16. The number of imide groups is 1. The highest BCUT2D eigenvalue weighted by Crippen LogP contribution is 2.24. The fourth-order valence-corrected chi connectivity index (χ4v) is 4.46. The molecule has 1 aliphatic rings. The van der Waals surface area contributed by atoms with Gasteiger partial charge in [0, 0.05) is 42.8 Å². The lowest BCUT2D eigenvalue weighted by Gasteiger charge is -2.13. The number of carbonyl (C=O) groups excluding carboxylic acids is 3. The average Bonchev–Trinajstić information content (AvgIpc) is 3.36. The third-order valence-electron chi connectivity index (χ3n) is 5.34. The van der Waals surface area contributed by atoms with Crippen LogP contribution >= 0.6 is 11.3 Å². The number of hydrogen-bond acceptors (Lipinski definition) is 6. The van der Waals surface area contributed by atoms with Crippen molar-refractivity contribution in [2.24, 2.45) is 0 Å². The van der Waals surface area contributed by atoms with Gasteiger partial charge in [0.1, 0.15) is 0 Å². The van der Waals surface area contributed by atoms with Crippen LogP contribution in [0.5, 0.6) is 0 Å². The number of nitrogens with one attached hydrogen (secondary N) is 1. The molecule has 0 saturated carbocycles. The van der Waals surface area contributed by atoms with Crippen LogP contribution in [0.3, 0.4) is 0 Å². The summed E-state index contributed by atoms with van der Waals surface area (Å²) in [7, 11) is 0. The molecule has 1 aliphatic heterocycles. The zero-order chi connectivity index (χ0) is 22.5. The van der Waals surface area contributed by atoms with Crippen LogP contribution in [-0.2, 0) is 11.2 Å². The first-order chi connectivity index (χ1) is 15.5. The number of hydrogen-bond donors (Lipinski definition) is 1. The topological polar surface area (TPSA) is 92.3 Å². The Kier molecular flexibility index (Phi) is 6.70. The Labute approximate surface area is 190 Å². The minimum Gasteiger partial charge on any atom is -0.356 e. The predicted molar refractivity (Wildman–Crippen MR) is 122 cm³/mol. The maximum Gasteiger partial charge on any atom is 0.261 e. The molecule has 3 heterocycles. The SMILES string of the molecule is Cc1ccc2c(c1)C(=O)N(CCC(=O)NCCCCc1nc(-c3cccnc3)cs1)C2=O. The lowest BCUT2D eigenvalue weighted by atomic mass is 10.1. The van der Waals surface area contributed by atoms with Crippen LogP contribution in [0.15, 0.2) is 48.1 Å². The van der Waals surface area contributed by atoms with Gasteiger partial charge in [0.25, 0.3) is 11.8 Å². The quantitative estimate of drug-likeness (QED) is 0.399. The summed E-state index contributed by atoms with van der Waals surface area (Å²) in [5, 5.41) is 5.97. The summed E-state index contributed by atoms with van der Waals surface area (Å²) in [5.41, 5.74) is 3.71. The number of aromatic nitrogens is 2. The Bertz CT molecular complexity index is 1140. The van der Waals surface area contributed by atoms with E-state index in [1.54, 1.807) is 35.9 Å². The minimum absolute atomic E-state index is 0.0907. The summed E-state index contributed by atoms with van der Waals surface area (Å²) < 4.78 is 0.